The maximum Gasteiger partial charge on any atom is 0.272 e. The fourth-order valence-electron chi connectivity index (χ4n) is 2.28. The molecule has 0 fully saturated rings. The summed E-state index contributed by atoms with van der Waals surface area (Å²) < 4.78 is 13.4. The zero-order valence-corrected chi connectivity index (χ0v) is 13.2. The lowest BCUT2D eigenvalue weighted by Gasteiger charge is -2.09. The average molecular weight is 314 g/mol. The average Bonchev–Trinajstić information content (AvgIpc) is 2.52. The van der Waals surface area contributed by atoms with E-state index in [9.17, 15) is 14.0 Å². The molecule has 2 aromatic carbocycles. The molecule has 0 saturated carbocycles. The van der Waals surface area contributed by atoms with Crippen molar-refractivity contribution in [2.75, 3.05) is 0 Å². The van der Waals surface area contributed by atoms with E-state index in [-0.39, 0.29) is 17.9 Å². The van der Waals surface area contributed by atoms with Crippen LogP contribution in [0.1, 0.15) is 33.5 Å². The Labute approximate surface area is 134 Å². The van der Waals surface area contributed by atoms with Crippen LogP contribution in [0.4, 0.5) is 4.39 Å². The van der Waals surface area contributed by atoms with Gasteiger partial charge in [-0.05, 0) is 43.5 Å². The molecule has 2 amide bonds. The van der Waals surface area contributed by atoms with Crippen LogP contribution in [0.3, 0.4) is 0 Å². The summed E-state index contributed by atoms with van der Waals surface area (Å²) in [5.74, 6) is -1.63. The highest BCUT2D eigenvalue weighted by Gasteiger charge is 2.11. The van der Waals surface area contributed by atoms with Crippen molar-refractivity contribution in [2.24, 2.45) is 0 Å². The van der Waals surface area contributed by atoms with E-state index in [1.54, 1.807) is 6.07 Å². The van der Waals surface area contributed by atoms with Crippen molar-refractivity contribution in [1.82, 2.24) is 10.9 Å². The van der Waals surface area contributed by atoms with Gasteiger partial charge in [0.25, 0.3) is 5.91 Å². The van der Waals surface area contributed by atoms with Crippen LogP contribution < -0.4 is 10.9 Å². The van der Waals surface area contributed by atoms with E-state index in [4.69, 9.17) is 0 Å². The summed E-state index contributed by atoms with van der Waals surface area (Å²) in [5, 5.41) is 0. The fraction of sp³-hybridized carbons (Fsp3) is 0.222. The maximum absolute atomic E-state index is 13.4. The normalized spacial score (nSPS) is 10.2. The number of benzene rings is 2. The Morgan fingerprint density at radius 1 is 1.04 bits per heavy atom. The van der Waals surface area contributed by atoms with Crippen molar-refractivity contribution in [3.05, 3.63) is 70.5 Å². The first kappa shape index (κ1) is 16.7. The lowest BCUT2D eigenvalue weighted by atomic mass is 10.0. The highest BCUT2D eigenvalue weighted by molar-refractivity contribution is 5.95. The maximum atomic E-state index is 13.4. The van der Waals surface area contributed by atoms with Gasteiger partial charge in [-0.1, -0.05) is 35.9 Å². The van der Waals surface area contributed by atoms with Gasteiger partial charge in [0, 0.05) is 6.42 Å². The Kier molecular flexibility index (Phi) is 5.46. The van der Waals surface area contributed by atoms with Crippen LogP contribution in [0.2, 0.25) is 0 Å². The second-order valence-corrected chi connectivity index (χ2v) is 5.41. The van der Waals surface area contributed by atoms with Gasteiger partial charge in [-0.25, -0.2) is 4.39 Å². The van der Waals surface area contributed by atoms with Gasteiger partial charge in [0.15, 0.2) is 0 Å². The van der Waals surface area contributed by atoms with Crippen molar-refractivity contribution in [2.45, 2.75) is 26.7 Å². The number of nitrogens with one attached hydrogen (secondary N) is 2. The molecule has 120 valence electrons. The van der Waals surface area contributed by atoms with Gasteiger partial charge in [-0.3, -0.25) is 20.4 Å². The summed E-state index contributed by atoms with van der Waals surface area (Å²) in [4.78, 5) is 23.6. The van der Waals surface area contributed by atoms with Crippen molar-refractivity contribution in [3.63, 3.8) is 0 Å². The number of hydrazine groups is 1. The third-order valence-corrected chi connectivity index (χ3v) is 3.55. The van der Waals surface area contributed by atoms with Gasteiger partial charge >= 0.3 is 0 Å². The number of hydrogen-bond acceptors (Lipinski definition) is 2. The van der Waals surface area contributed by atoms with Crippen LogP contribution in [-0.4, -0.2) is 11.8 Å². The van der Waals surface area contributed by atoms with Crippen molar-refractivity contribution in [1.29, 1.82) is 0 Å². The second-order valence-electron chi connectivity index (χ2n) is 5.41. The molecule has 0 aromatic heterocycles. The third kappa shape index (κ3) is 4.64. The largest absolute Gasteiger partial charge is 0.273 e. The first-order chi connectivity index (χ1) is 11.0. The van der Waals surface area contributed by atoms with Crippen LogP contribution in [0.5, 0.6) is 0 Å². The SMILES string of the molecule is Cc1ccc(CCC(=O)NNC(=O)c2ccccc2F)c(C)c1. The van der Waals surface area contributed by atoms with E-state index in [0.717, 1.165) is 11.1 Å². The highest BCUT2D eigenvalue weighted by atomic mass is 19.1. The number of halogens is 1. The molecule has 0 spiro atoms. The number of rotatable bonds is 4. The topological polar surface area (TPSA) is 58.2 Å². The molecule has 23 heavy (non-hydrogen) atoms. The quantitative estimate of drug-likeness (QED) is 0.853. The van der Waals surface area contributed by atoms with Gasteiger partial charge in [0.1, 0.15) is 5.82 Å². The standard InChI is InChI=1S/C18H19FN2O2/c1-12-7-8-14(13(2)11-12)9-10-17(22)20-21-18(23)15-5-3-4-6-16(15)19/h3-8,11H,9-10H2,1-2H3,(H,20,22)(H,21,23). The number of aryl methyl sites for hydroxylation is 3. The number of carbonyl (C=O) groups is 2. The molecule has 0 aliphatic carbocycles. The third-order valence-electron chi connectivity index (χ3n) is 3.55. The Balaban J connectivity index is 1.83. The molecule has 0 bridgehead atoms. The van der Waals surface area contributed by atoms with E-state index in [1.165, 1.54) is 23.8 Å². The van der Waals surface area contributed by atoms with Gasteiger partial charge < -0.3 is 0 Å². The van der Waals surface area contributed by atoms with Crippen LogP contribution in [-0.2, 0) is 11.2 Å². The van der Waals surface area contributed by atoms with Gasteiger partial charge in [-0.15, -0.1) is 0 Å². The molecule has 0 atom stereocenters. The summed E-state index contributed by atoms with van der Waals surface area (Å²) in [6, 6.07) is 11.7. The Morgan fingerprint density at radius 2 is 1.78 bits per heavy atom. The van der Waals surface area contributed by atoms with Crippen LogP contribution in [0.15, 0.2) is 42.5 Å². The molecule has 0 saturated heterocycles. The van der Waals surface area contributed by atoms with E-state index in [1.807, 2.05) is 26.0 Å². The van der Waals surface area contributed by atoms with Crippen molar-refractivity contribution >= 4 is 11.8 Å². The first-order valence-electron chi connectivity index (χ1n) is 7.37. The van der Waals surface area contributed by atoms with Gasteiger partial charge in [0.05, 0.1) is 5.56 Å². The summed E-state index contributed by atoms with van der Waals surface area (Å²) in [5.41, 5.74) is 7.81. The van der Waals surface area contributed by atoms with Gasteiger partial charge in [0.2, 0.25) is 5.91 Å². The Hall–Kier alpha value is -2.69. The summed E-state index contributed by atoms with van der Waals surface area (Å²) in [6.07, 6.45) is 0.814. The molecule has 5 heteroatoms. The predicted octanol–water partition coefficient (Wildman–Crippen LogP) is 2.84. The summed E-state index contributed by atoms with van der Waals surface area (Å²) >= 11 is 0. The monoisotopic (exact) mass is 314 g/mol. The molecular formula is C18H19FN2O2. The highest BCUT2D eigenvalue weighted by Crippen LogP contribution is 2.12. The van der Waals surface area contributed by atoms with E-state index in [2.05, 4.69) is 16.9 Å². The minimum Gasteiger partial charge on any atom is -0.273 e. The predicted molar refractivity (Wildman–Crippen MR) is 86.2 cm³/mol. The second kappa shape index (κ2) is 7.54. The van der Waals surface area contributed by atoms with E-state index < -0.39 is 11.7 Å². The van der Waals surface area contributed by atoms with Crippen LogP contribution in [0.25, 0.3) is 0 Å². The minimum atomic E-state index is -0.678. The molecule has 2 rings (SSSR count). The number of carbonyl (C=O) groups excluding carboxylic acids is 2. The van der Waals surface area contributed by atoms with Crippen LogP contribution >= 0.6 is 0 Å². The summed E-state index contributed by atoms with van der Waals surface area (Å²) in [6.45, 7) is 4.02. The first-order valence-corrected chi connectivity index (χ1v) is 7.37. The van der Waals surface area contributed by atoms with Crippen molar-refractivity contribution < 1.29 is 14.0 Å². The zero-order chi connectivity index (χ0) is 16.8. The van der Waals surface area contributed by atoms with E-state index >= 15 is 0 Å². The molecule has 0 unspecified atom stereocenters. The number of hydrogen-bond donors (Lipinski definition) is 2. The minimum absolute atomic E-state index is 0.109. The molecule has 0 heterocycles. The lowest BCUT2D eigenvalue weighted by molar-refractivity contribution is -0.121. The lowest BCUT2D eigenvalue weighted by Crippen LogP contribution is -2.42. The molecule has 4 nitrogen and oxygen atoms in total. The molecule has 0 aliphatic rings. The smallest absolute Gasteiger partial charge is 0.272 e. The Bertz CT molecular complexity index is 729. The summed E-state index contributed by atoms with van der Waals surface area (Å²) in [7, 11) is 0. The zero-order valence-electron chi connectivity index (χ0n) is 13.2. The molecular weight excluding hydrogens is 295 g/mol. The molecule has 0 radical (unpaired) electrons. The Morgan fingerprint density at radius 3 is 2.48 bits per heavy atom. The number of amides is 2. The molecule has 2 N–H and O–H groups in total. The van der Waals surface area contributed by atoms with E-state index in [0.29, 0.717) is 6.42 Å². The van der Waals surface area contributed by atoms with Gasteiger partial charge in [-0.2, -0.15) is 0 Å². The van der Waals surface area contributed by atoms with Crippen molar-refractivity contribution in [3.8, 4) is 0 Å². The fourth-order valence-corrected chi connectivity index (χ4v) is 2.28. The molecule has 2 aromatic rings. The van der Waals surface area contributed by atoms with Crippen LogP contribution in [0, 0.1) is 19.7 Å². The molecule has 0 aliphatic heterocycles.